The molecule has 0 bridgehead atoms. The van der Waals surface area contributed by atoms with E-state index in [1.54, 1.807) is 24.3 Å². The molecule has 2 rings (SSSR count). The highest BCUT2D eigenvalue weighted by Crippen LogP contribution is 2.20. The molecule has 2 aromatic rings. The molecule has 0 unspecified atom stereocenters. The van der Waals surface area contributed by atoms with Gasteiger partial charge in [-0.1, -0.05) is 37.3 Å². The van der Waals surface area contributed by atoms with Gasteiger partial charge in [-0.05, 0) is 12.0 Å². The molecular formula is C17H19N3O5. The Morgan fingerprint density at radius 2 is 1.88 bits per heavy atom. The zero-order valence-electron chi connectivity index (χ0n) is 13.9. The van der Waals surface area contributed by atoms with Gasteiger partial charge in [-0.3, -0.25) is 23.9 Å². The van der Waals surface area contributed by atoms with Crippen molar-refractivity contribution in [1.29, 1.82) is 0 Å². The molecule has 0 saturated heterocycles. The van der Waals surface area contributed by atoms with Gasteiger partial charge in [0.05, 0.1) is 5.92 Å². The molecule has 8 heteroatoms. The van der Waals surface area contributed by atoms with E-state index >= 15 is 0 Å². The van der Waals surface area contributed by atoms with E-state index in [0.717, 1.165) is 10.1 Å². The second kappa shape index (κ2) is 7.61. The number of carbonyl (C=O) groups excluding carboxylic acids is 2. The lowest BCUT2D eigenvalue weighted by molar-refractivity contribution is -0.144. The van der Waals surface area contributed by atoms with E-state index in [2.05, 4.69) is 0 Å². The predicted octanol–water partition coefficient (Wildman–Crippen LogP) is 0.576. The quantitative estimate of drug-likeness (QED) is 0.583. The van der Waals surface area contributed by atoms with E-state index in [1.807, 2.05) is 18.0 Å². The van der Waals surface area contributed by atoms with Gasteiger partial charge in [0.25, 0.3) is 5.56 Å². The zero-order chi connectivity index (χ0) is 18.6. The third-order valence-corrected chi connectivity index (χ3v) is 3.89. The van der Waals surface area contributed by atoms with Gasteiger partial charge in [0, 0.05) is 7.05 Å². The van der Waals surface area contributed by atoms with Gasteiger partial charge in [0.2, 0.25) is 5.78 Å². The summed E-state index contributed by atoms with van der Waals surface area (Å²) in [6.07, 6.45) is 0.500. The summed E-state index contributed by atoms with van der Waals surface area (Å²) < 4.78 is 6.00. The number of nitrogen functional groups attached to an aromatic ring is 1. The molecule has 0 spiro atoms. The standard InChI is InChI=1S/C17H19N3O5/c1-3-11(10-7-5-4-6-8-10)16(23)25-9-12(21)13-14(18)20(2)17(24)19-15(13)22/h4-8,11H,3,9,18H2,1-2H3,(H,19,22,24)/t11-/m0/s1. The Hall–Kier alpha value is -3.16. The number of aromatic nitrogens is 2. The first-order valence-electron chi connectivity index (χ1n) is 7.70. The highest BCUT2D eigenvalue weighted by atomic mass is 16.5. The average Bonchev–Trinajstić information content (AvgIpc) is 2.59. The van der Waals surface area contributed by atoms with Crippen molar-refractivity contribution in [3.05, 3.63) is 62.3 Å². The molecular weight excluding hydrogens is 326 g/mol. The fraction of sp³-hybridized carbons (Fsp3) is 0.294. The van der Waals surface area contributed by atoms with Crippen LogP contribution in [0.5, 0.6) is 0 Å². The number of H-pyrrole nitrogens is 1. The summed E-state index contributed by atoms with van der Waals surface area (Å²) in [5, 5.41) is 0. The normalized spacial score (nSPS) is 11.8. The van der Waals surface area contributed by atoms with Crippen molar-refractivity contribution in [3.63, 3.8) is 0 Å². The van der Waals surface area contributed by atoms with Crippen molar-refractivity contribution in [2.45, 2.75) is 19.3 Å². The average molecular weight is 345 g/mol. The van der Waals surface area contributed by atoms with Crippen molar-refractivity contribution in [2.75, 3.05) is 12.3 Å². The van der Waals surface area contributed by atoms with Crippen LogP contribution in [-0.4, -0.2) is 27.9 Å². The van der Waals surface area contributed by atoms with Crippen molar-refractivity contribution >= 4 is 17.6 Å². The molecule has 0 radical (unpaired) electrons. The maximum Gasteiger partial charge on any atom is 0.329 e. The topological polar surface area (TPSA) is 124 Å². The van der Waals surface area contributed by atoms with Gasteiger partial charge >= 0.3 is 11.7 Å². The van der Waals surface area contributed by atoms with Gasteiger partial charge in [-0.25, -0.2) is 4.79 Å². The van der Waals surface area contributed by atoms with Crippen molar-refractivity contribution in [3.8, 4) is 0 Å². The summed E-state index contributed by atoms with van der Waals surface area (Å²) in [5.74, 6) is -2.12. The van der Waals surface area contributed by atoms with Gasteiger partial charge in [-0.15, -0.1) is 0 Å². The summed E-state index contributed by atoms with van der Waals surface area (Å²) in [6.45, 7) is 1.20. The number of esters is 1. The molecule has 8 nitrogen and oxygen atoms in total. The number of nitrogens with two attached hydrogens (primary N) is 1. The highest BCUT2D eigenvalue weighted by Gasteiger charge is 2.23. The summed E-state index contributed by atoms with van der Waals surface area (Å²) in [4.78, 5) is 49.7. The Labute approximate surface area is 143 Å². The van der Waals surface area contributed by atoms with Gasteiger partial charge in [-0.2, -0.15) is 0 Å². The number of hydrogen-bond donors (Lipinski definition) is 2. The van der Waals surface area contributed by atoms with E-state index in [0.29, 0.717) is 6.42 Å². The van der Waals surface area contributed by atoms with Crippen LogP contribution < -0.4 is 17.0 Å². The number of anilines is 1. The Balaban J connectivity index is 2.15. The molecule has 0 fully saturated rings. The van der Waals surface area contributed by atoms with Crippen LogP contribution in [0, 0.1) is 0 Å². The molecule has 3 N–H and O–H groups in total. The summed E-state index contributed by atoms with van der Waals surface area (Å²) in [6, 6.07) is 9.04. The fourth-order valence-corrected chi connectivity index (χ4v) is 2.44. The lowest BCUT2D eigenvalue weighted by atomic mass is 9.97. The zero-order valence-corrected chi connectivity index (χ0v) is 13.9. The van der Waals surface area contributed by atoms with Crippen LogP contribution in [0.3, 0.4) is 0 Å². The third-order valence-electron chi connectivity index (χ3n) is 3.89. The van der Waals surface area contributed by atoms with E-state index < -0.39 is 41.1 Å². The third kappa shape index (κ3) is 3.85. The van der Waals surface area contributed by atoms with Crippen LogP contribution in [0.15, 0.2) is 39.9 Å². The first-order chi connectivity index (χ1) is 11.9. The molecule has 0 saturated carbocycles. The number of rotatable bonds is 6. The molecule has 1 aromatic heterocycles. The van der Waals surface area contributed by atoms with E-state index in [4.69, 9.17) is 10.5 Å². The Morgan fingerprint density at radius 1 is 1.24 bits per heavy atom. The number of Topliss-reactive ketones (excluding diaryl/α,β-unsaturated/α-hetero) is 1. The summed E-state index contributed by atoms with van der Waals surface area (Å²) >= 11 is 0. The van der Waals surface area contributed by atoms with Gasteiger partial charge in [0.1, 0.15) is 11.4 Å². The number of carbonyl (C=O) groups is 2. The second-order valence-electron chi connectivity index (χ2n) is 5.48. The number of ketones is 1. The summed E-state index contributed by atoms with van der Waals surface area (Å²) in [5.41, 5.74) is 4.39. The van der Waals surface area contributed by atoms with E-state index in [9.17, 15) is 19.2 Å². The smallest absolute Gasteiger partial charge is 0.329 e. The number of nitrogens with one attached hydrogen (secondary N) is 1. The number of aromatic amines is 1. The van der Waals surface area contributed by atoms with Crippen LogP contribution >= 0.6 is 0 Å². The molecule has 1 aromatic carbocycles. The molecule has 1 atom stereocenters. The molecule has 132 valence electrons. The first kappa shape index (κ1) is 18.2. The predicted molar refractivity (Wildman–Crippen MR) is 91.5 cm³/mol. The second-order valence-corrected chi connectivity index (χ2v) is 5.48. The van der Waals surface area contributed by atoms with Crippen molar-refractivity contribution in [2.24, 2.45) is 7.05 Å². The lowest BCUT2D eigenvalue weighted by Crippen LogP contribution is -2.36. The lowest BCUT2D eigenvalue weighted by Gasteiger charge is -2.14. The van der Waals surface area contributed by atoms with Crippen LogP contribution in [-0.2, 0) is 16.6 Å². The van der Waals surface area contributed by atoms with Crippen LogP contribution in [0.4, 0.5) is 5.82 Å². The van der Waals surface area contributed by atoms with Crippen LogP contribution in [0.25, 0.3) is 0 Å². The number of ether oxygens (including phenoxy) is 1. The number of hydrogen-bond acceptors (Lipinski definition) is 6. The Bertz CT molecular complexity index is 899. The minimum Gasteiger partial charge on any atom is -0.457 e. The Morgan fingerprint density at radius 3 is 2.48 bits per heavy atom. The molecule has 25 heavy (non-hydrogen) atoms. The monoisotopic (exact) mass is 345 g/mol. The molecule has 1 heterocycles. The highest BCUT2D eigenvalue weighted by molar-refractivity contribution is 6.01. The minimum absolute atomic E-state index is 0.273. The minimum atomic E-state index is -0.906. The van der Waals surface area contributed by atoms with Gasteiger partial charge < -0.3 is 10.5 Å². The first-order valence-corrected chi connectivity index (χ1v) is 7.70. The largest absolute Gasteiger partial charge is 0.457 e. The van der Waals surface area contributed by atoms with E-state index in [1.165, 1.54) is 7.05 Å². The molecule has 0 aliphatic rings. The van der Waals surface area contributed by atoms with Crippen molar-refractivity contribution in [1.82, 2.24) is 9.55 Å². The SMILES string of the molecule is CC[C@H](C(=O)OCC(=O)c1c(N)n(C)c(=O)[nH]c1=O)c1ccccc1. The number of nitrogens with zero attached hydrogens (tertiary/aromatic N) is 1. The van der Waals surface area contributed by atoms with Crippen LogP contribution in [0.2, 0.25) is 0 Å². The molecule has 0 amide bonds. The maximum atomic E-state index is 12.3. The van der Waals surface area contributed by atoms with Crippen LogP contribution in [0.1, 0.15) is 35.2 Å². The molecule has 0 aliphatic carbocycles. The van der Waals surface area contributed by atoms with Gasteiger partial charge in [0.15, 0.2) is 6.61 Å². The maximum absolute atomic E-state index is 12.3. The van der Waals surface area contributed by atoms with E-state index in [-0.39, 0.29) is 5.82 Å². The Kier molecular flexibility index (Phi) is 5.53. The fourth-order valence-electron chi connectivity index (χ4n) is 2.44. The summed E-state index contributed by atoms with van der Waals surface area (Å²) in [7, 11) is 1.32. The molecule has 0 aliphatic heterocycles. The number of benzene rings is 1. The van der Waals surface area contributed by atoms with Crippen molar-refractivity contribution < 1.29 is 14.3 Å².